The number of rotatable bonds is 1. The molecule has 3 rings (SSSR count). The van der Waals surface area contributed by atoms with Gasteiger partial charge in [0.05, 0.1) is 11.3 Å². The Morgan fingerprint density at radius 1 is 1.24 bits per heavy atom. The summed E-state index contributed by atoms with van der Waals surface area (Å²) in [5.74, 6) is -0.664. The van der Waals surface area contributed by atoms with Gasteiger partial charge in [0.2, 0.25) is 5.91 Å². The molecule has 1 atom stereocenters. The van der Waals surface area contributed by atoms with Crippen LogP contribution in [0.2, 0.25) is 0 Å². The van der Waals surface area contributed by atoms with Crippen LogP contribution in [0.4, 0.5) is 5.69 Å². The number of fused-ring (bicyclic) bond motifs is 2. The van der Waals surface area contributed by atoms with Crippen molar-refractivity contribution in [2.45, 2.75) is 38.6 Å². The van der Waals surface area contributed by atoms with Crippen LogP contribution in [0.25, 0.3) is 0 Å². The fraction of sp³-hybridized carbons (Fsp3) is 0.438. The van der Waals surface area contributed by atoms with Crippen molar-refractivity contribution in [2.24, 2.45) is 0 Å². The summed E-state index contributed by atoms with van der Waals surface area (Å²) in [5.41, 5.74) is 0.866. The molecule has 3 amide bonds. The van der Waals surface area contributed by atoms with Crippen LogP contribution >= 0.6 is 0 Å². The Bertz CT molecular complexity index is 611. The second-order valence-corrected chi connectivity index (χ2v) is 5.45. The lowest BCUT2D eigenvalue weighted by Gasteiger charge is -2.33. The van der Waals surface area contributed by atoms with Gasteiger partial charge in [-0.15, -0.1) is 0 Å². The maximum Gasteiger partial charge on any atom is 0.256 e. The maximum absolute atomic E-state index is 12.8. The Labute approximate surface area is 123 Å². The monoisotopic (exact) mass is 286 g/mol. The van der Waals surface area contributed by atoms with Crippen molar-refractivity contribution >= 4 is 23.4 Å². The molecule has 0 aromatic heterocycles. The molecular weight excluding hydrogens is 268 g/mol. The van der Waals surface area contributed by atoms with Crippen molar-refractivity contribution < 1.29 is 14.4 Å². The van der Waals surface area contributed by atoms with E-state index in [2.05, 4.69) is 0 Å². The lowest BCUT2D eigenvalue weighted by atomic mass is 10.0. The lowest BCUT2D eigenvalue weighted by molar-refractivity contribution is -0.129. The molecule has 0 bridgehead atoms. The van der Waals surface area contributed by atoms with Crippen molar-refractivity contribution in [1.29, 1.82) is 0 Å². The molecule has 0 saturated carbocycles. The average molecular weight is 286 g/mol. The van der Waals surface area contributed by atoms with E-state index in [0.29, 0.717) is 24.2 Å². The van der Waals surface area contributed by atoms with Crippen LogP contribution < -0.4 is 4.90 Å². The number of anilines is 1. The Balaban J connectivity index is 2.16. The SMILES string of the molecule is CCC(=O)N1C(=O)C2CCCCN2C(=O)c2ccccc21. The van der Waals surface area contributed by atoms with E-state index < -0.39 is 6.04 Å². The molecule has 0 aliphatic carbocycles. The van der Waals surface area contributed by atoms with Crippen molar-refractivity contribution in [2.75, 3.05) is 11.4 Å². The van der Waals surface area contributed by atoms with Crippen molar-refractivity contribution in [3.05, 3.63) is 29.8 Å². The molecule has 110 valence electrons. The van der Waals surface area contributed by atoms with E-state index in [1.807, 2.05) is 0 Å². The van der Waals surface area contributed by atoms with Crippen LogP contribution in [0.5, 0.6) is 0 Å². The number of imide groups is 1. The largest absolute Gasteiger partial charge is 0.327 e. The minimum absolute atomic E-state index is 0.143. The fourth-order valence-corrected chi connectivity index (χ4v) is 3.12. The molecule has 1 aromatic carbocycles. The number of piperidine rings is 1. The predicted molar refractivity (Wildman–Crippen MR) is 77.9 cm³/mol. The minimum Gasteiger partial charge on any atom is -0.327 e. The third-order valence-corrected chi connectivity index (χ3v) is 4.20. The first kappa shape index (κ1) is 13.8. The van der Waals surface area contributed by atoms with E-state index in [1.54, 1.807) is 36.1 Å². The minimum atomic E-state index is -0.505. The van der Waals surface area contributed by atoms with Gasteiger partial charge in [0.15, 0.2) is 0 Å². The fourth-order valence-electron chi connectivity index (χ4n) is 3.12. The van der Waals surface area contributed by atoms with Crippen molar-refractivity contribution in [3.63, 3.8) is 0 Å². The average Bonchev–Trinajstić information content (AvgIpc) is 2.62. The number of para-hydroxylation sites is 1. The number of carbonyl (C=O) groups is 3. The van der Waals surface area contributed by atoms with Crippen LogP contribution in [0.3, 0.4) is 0 Å². The molecule has 1 aromatic rings. The first-order valence-corrected chi connectivity index (χ1v) is 7.42. The Morgan fingerprint density at radius 3 is 2.76 bits per heavy atom. The van der Waals surface area contributed by atoms with Gasteiger partial charge in [-0.05, 0) is 31.4 Å². The summed E-state index contributed by atoms with van der Waals surface area (Å²) in [4.78, 5) is 40.6. The summed E-state index contributed by atoms with van der Waals surface area (Å²) in [6.07, 6.45) is 2.68. The summed E-state index contributed by atoms with van der Waals surface area (Å²) < 4.78 is 0. The van der Waals surface area contributed by atoms with Crippen LogP contribution in [-0.4, -0.2) is 35.2 Å². The molecule has 0 N–H and O–H groups in total. The summed E-state index contributed by atoms with van der Waals surface area (Å²) >= 11 is 0. The third kappa shape index (κ3) is 2.13. The zero-order valence-electron chi connectivity index (χ0n) is 12.0. The summed E-state index contributed by atoms with van der Waals surface area (Å²) in [6.45, 7) is 2.31. The molecule has 2 aliphatic rings. The third-order valence-electron chi connectivity index (χ3n) is 4.20. The van der Waals surface area contributed by atoms with E-state index in [9.17, 15) is 14.4 Å². The quantitative estimate of drug-likeness (QED) is 0.793. The summed E-state index contributed by atoms with van der Waals surface area (Å²) in [5, 5.41) is 0. The second kappa shape index (κ2) is 5.31. The van der Waals surface area contributed by atoms with Crippen molar-refractivity contribution in [3.8, 4) is 0 Å². The molecule has 21 heavy (non-hydrogen) atoms. The molecule has 5 nitrogen and oxygen atoms in total. The van der Waals surface area contributed by atoms with Gasteiger partial charge >= 0.3 is 0 Å². The van der Waals surface area contributed by atoms with E-state index in [-0.39, 0.29) is 24.1 Å². The highest BCUT2D eigenvalue weighted by molar-refractivity contribution is 6.22. The van der Waals surface area contributed by atoms with Gasteiger partial charge in [-0.1, -0.05) is 19.1 Å². The van der Waals surface area contributed by atoms with Crippen molar-refractivity contribution in [1.82, 2.24) is 4.90 Å². The number of hydrogen-bond acceptors (Lipinski definition) is 3. The van der Waals surface area contributed by atoms with Crippen LogP contribution in [0.1, 0.15) is 43.0 Å². The van der Waals surface area contributed by atoms with Crippen LogP contribution in [0.15, 0.2) is 24.3 Å². The van der Waals surface area contributed by atoms with Gasteiger partial charge in [-0.2, -0.15) is 0 Å². The normalized spacial score (nSPS) is 21.7. The first-order chi connectivity index (χ1) is 10.1. The molecule has 2 aliphatic heterocycles. The topological polar surface area (TPSA) is 57.7 Å². The molecule has 2 heterocycles. The molecule has 0 spiro atoms. The van der Waals surface area contributed by atoms with Gasteiger partial charge in [0, 0.05) is 13.0 Å². The smallest absolute Gasteiger partial charge is 0.256 e. The van der Waals surface area contributed by atoms with E-state index in [4.69, 9.17) is 0 Å². The lowest BCUT2D eigenvalue weighted by Crippen LogP contribution is -2.52. The van der Waals surface area contributed by atoms with E-state index in [1.165, 1.54) is 4.90 Å². The summed E-state index contributed by atoms with van der Waals surface area (Å²) in [7, 11) is 0. The summed E-state index contributed by atoms with van der Waals surface area (Å²) in [6, 6.07) is 6.38. The predicted octanol–water partition coefficient (Wildman–Crippen LogP) is 1.96. The molecule has 0 radical (unpaired) electrons. The van der Waals surface area contributed by atoms with Gasteiger partial charge < -0.3 is 4.90 Å². The number of amides is 3. The van der Waals surface area contributed by atoms with Crippen LogP contribution in [-0.2, 0) is 9.59 Å². The number of carbonyl (C=O) groups excluding carboxylic acids is 3. The van der Waals surface area contributed by atoms with Gasteiger partial charge in [0.1, 0.15) is 6.04 Å². The molecule has 1 unspecified atom stereocenters. The van der Waals surface area contributed by atoms with E-state index >= 15 is 0 Å². The molecule has 1 saturated heterocycles. The van der Waals surface area contributed by atoms with Gasteiger partial charge in [0.25, 0.3) is 11.8 Å². The van der Waals surface area contributed by atoms with Crippen LogP contribution in [0, 0.1) is 0 Å². The second-order valence-electron chi connectivity index (χ2n) is 5.45. The first-order valence-electron chi connectivity index (χ1n) is 7.42. The highest BCUT2D eigenvalue weighted by Crippen LogP contribution is 2.32. The van der Waals surface area contributed by atoms with Gasteiger partial charge in [-0.25, -0.2) is 4.90 Å². The maximum atomic E-state index is 12.8. The number of nitrogens with zero attached hydrogens (tertiary/aromatic N) is 2. The zero-order valence-corrected chi connectivity index (χ0v) is 12.0. The van der Waals surface area contributed by atoms with Gasteiger partial charge in [-0.3, -0.25) is 14.4 Å². The Morgan fingerprint density at radius 2 is 2.00 bits per heavy atom. The standard InChI is InChI=1S/C16H18N2O3/c1-2-14(19)18-12-8-4-3-7-11(12)15(20)17-10-6-5-9-13(17)16(18)21/h3-4,7-8,13H,2,5-6,9-10H2,1H3. The number of hydrogen-bond donors (Lipinski definition) is 0. The highest BCUT2D eigenvalue weighted by atomic mass is 16.2. The zero-order chi connectivity index (χ0) is 15.0. The highest BCUT2D eigenvalue weighted by Gasteiger charge is 2.42. The molecule has 1 fully saturated rings. The number of benzene rings is 1. The Kier molecular flexibility index (Phi) is 3.49. The molecule has 5 heteroatoms. The van der Waals surface area contributed by atoms with E-state index in [0.717, 1.165) is 12.8 Å². The Hall–Kier alpha value is -2.17. The molecular formula is C16H18N2O3.